The summed E-state index contributed by atoms with van der Waals surface area (Å²) in [5, 5.41) is 18.1. The molecular formula is C134H86N10. The van der Waals surface area contributed by atoms with E-state index in [1.54, 1.807) is 0 Å². The van der Waals surface area contributed by atoms with Crippen molar-refractivity contribution in [1.82, 2.24) is 47.3 Å². The quantitative estimate of drug-likeness (QED) is 0.122. The van der Waals surface area contributed by atoms with Crippen LogP contribution in [0.15, 0.2) is 522 Å². The lowest BCUT2D eigenvalue weighted by molar-refractivity contribution is 1.17. The number of para-hydroxylation sites is 8. The Kier molecular flexibility index (Phi) is 19.7. The van der Waals surface area contributed by atoms with E-state index in [9.17, 15) is 0 Å². The van der Waals surface area contributed by atoms with Crippen molar-refractivity contribution in [3.05, 3.63) is 522 Å². The van der Waals surface area contributed by atoms with Crippen molar-refractivity contribution in [2.45, 2.75) is 0 Å². The summed E-state index contributed by atoms with van der Waals surface area (Å²) < 4.78 is 14.2. The second-order valence-corrected chi connectivity index (χ2v) is 37.2. The third-order valence-electron chi connectivity index (χ3n) is 29.1. The minimum atomic E-state index is 0.941. The summed E-state index contributed by atoms with van der Waals surface area (Å²) >= 11 is 0. The first kappa shape index (κ1) is 82.8. The van der Waals surface area contributed by atoms with E-state index in [-0.39, 0.29) is 0 Å². The molecule has 10 aromatic heterocycles. The first-order valence-electron chi connectivity index (χ1n) is 49.0. The summed E-state index contributed by atoms with van der Waals surface area (Å²) in [5.41, 5.74) is 38.2. The maximum atomic E-state index is 4.92. The van der Waals surface area contributed by atoms with E-state index in [0.717, 1.165) is 77.5 Å². The van der Waals surface area contributed by atoms with Gasteiger partial charge in [0.25, 0.3) is 0 Å². The van der Waals surface area contributed by atoms with E-state index in [1.807, 2.05) is 37.1 Å². The van der Waals surface area contributed by atoms with Crippen LogP contribution in [-0.4, -0.2) is 47.3 Å². The zero-order valence-electron chi connectivity index (χ0n) is 78.1. The molecule has 20 aromatic carbocycles. The Hall–Kier alpha value is -19.4. The maximum Gasteiger partial charge on any atom is 0.0740 e. The van der Waals surface area contributed by atoms with Gasteiger partial charge in [-0.3, -0.25) is 19.9 Å². The van der Waals surface area contributed by atoms with Gasteiger partial charge in [-0.05, 0) is 249 Å². The zero-order valence-corrected chi connectivity index (χ0v) is 78.1. The summed E-state index contributed by atoms with van der Waals surface area (Å²) in [4.78, 5) is 19.2. The van der Waals surface area contributed by atoms with Gasteiger partial charge in [-0.15, -0.1) is 0 Å². The molecule has 0 radical (unpaired) electrons. The molecule has 0 aliphatic rings. The number of fused-ring (bicyclic) bond motifs is 24. The van der Waals surface area contributed by atoms with Crippen LogP contribution in [0.3, 0.4) is 0 Å². The Morgan fingerprint density at radius 2 is 0.354 bits per heavy atom. The van der Waals surface area contributed by atoms with E-state index >= 15 is 0 Å². The van der Waals surface area contributed by atoms with Crippen molar-refractivity contribution < 1.29 is 0 Å². The standard InChI is InChI=1S/2C45H29N3.C44H28N4/c1-3-12-30(13-4-1)31-14-11-17-35(26-31)48-43-25-23-33(28-39(43)45-37-19-7-9-20-40(37)46-29-44(45)48)32-22-24-42-38(27-32)36-18-8-10-21-41(36)47(42)34-15-5-2-6-16-34;1-3-11-30(12-4-1)31-19-23-35(24-20-31)48-43-26-22-33(28-39(43)45-37-16-7-9-17-40(37)46-29-44(45)48)32-21-25-42-38(27-32)36-15-8-10-18-41(36)47(42)34-13-5-2-6-14-34;1-3-9-29(10-4-1)30-15-19-34(20-16-30)48-42-22-18-32(26-37(42)44-38-27-45-24-23-39(38)46-28-43(44)48)31-17-21-41-36(25-31)35-13-7-8-14-40(35)47(41)33-11-5-2-6-12-33/h2*1-29H;1-28H. The van der Waals surface area contributed by atoms with Crippen LogP contribution in [0.4, 0.5) is 0 Å². The first-order chi connectivity index (χ1) is 71.4. The van der Waals surface area contributed by atoms with E-state index in [0.29, 0.717) is 0 Å². The normalized spacial score (nSPS) is 11.8. The lowest BCUT2D eigenvalue weighted by Crippen LogP contribution is -1.95. The van der Waals surface area contributed by atoms with Crippen molar-refractivity contribution >= 4 is 164 Å². The van der Waals surface area contributed by atoms with Crippen LogP contribution in [0, 0.1) is 0 Å². The number of rotatable bonds is 12. The summed E-state index contributed by atoms with van der Waals surface area (Å²) in [6.45, 7) is 0. The fourth-order valence-corrected chi connectivity index (χ4v) is 22.5. The number of hydrogen-bond acceptors (Lipinski definition) is 4. The van der Waals surface area contributed by atoms with Gasteiger partial charge >= 0.3 is 0 Å². The highest BCUT2D eigenvalue weighted by Crippen LogP contribution is 2.47. The van der Waals surface area contributed by atoms with Gasteiger partial charge < -0.3 is 27.4 Å². The van der Waals surface area contributed by atoms with Crippen LogP contribution in [0.1, 0.15) is 0 Å². The fourth-order valence-electron chi connectivity index (χ4n) is 22.5. The number of pyridine rings is 4. The molecular weight excluding hydrogens is 1750 g/mol. The topological polar surface area (TPSA) is 81.1 Å². The van der Waals surface area contributed by atoms with Crippen molar-refractivity contribution in [2.75, 3.05) is 0 Å². The minimum Gasteiger partial charge on any atom is -0.309 e. The Balaban J connectivity index is 0.000000105. The molecule has 144 heavy (non-hydrogen) atoms. The highest BCUT2D eigenvalue weighted by Gasteiger charge is 2.25. The van der Waals surface area contributed by atoms with Crippen molar-refractivity contribution in [3.8, 4) is 101 Å². The Bertz CT molecular complexity index is 9920. The molecule has 672 valence electrons. The Morgan fingerprint density at radius 3 is 0.715 bits per heavy atom. The molecule has 0 fully saturated rings. The SMILES string of the molecule is c1ccc(-c2ccc(-n3c4ccc(-c5ccc6c(c5)c5ccccc5n6-c5ccccc5)cc4c4c5ccccc5ncc43)cc2)cc1.c1ccc(-c2ccc(-n3c4ccc(-c5ccc6c(c5)c5ccccc5n6-c5ccccc5)cc4c4c5cnccc5ncc43)cc2)cc1.c1ccc(-c2cccc(-n3c4ccc(-c5ccc6c(c5)c5ccccc5n6-c5ccccc5)cc4c4c5ccccc5ncc43)c2)cc1. The van der Waals surface area contributed by atoms with Crippen molar-refractivity contribution in [1.29, 1.82) is 0 Å². The molecule has 0 unspecified atom stereocenters. The van der Waals surface area contributed by atoms with E-state index in [2.05, 4.69) is 518 Å². The Morgan fingerprint density at radius 1 is 0.125 bits per heavy atom. The summed E-state index contributed by atoms with van der Waals surface area (Å²) in [6.07, 6.45) is 9.84. The molecule has 0 saturated heterocycles. The van der Waals surface area contributed by atoms with Gasteiger partial charge in [-0.2, -0.15) is 0 Å². The molecule has 30 aromatic rings. The van der Waals surface area contributed by atoms with Crippen LogP contribution < -0.4 is 0 Å². The van der Waals surface area contributed by atoms with E-state index in [4.69, 9.17) is 15.0 Å². The van der Waals surface area contributed by atoms with Crippen molar-refractivity contribution in [2.24, 2.45) is 0 Å². The summed E-state index contributed by atoms with van der Waals surface area (Å²) in [7, 11) is 0. The molecule has 0 spiro atoms. The molecule has 10 heteroatoms. The zero-order chi connectivity index (χ0) is 94.8. The first-order valence-corrected chi connectivity index (χ1v) is 49.0. The molecule has 0 N–H and O–H groups in total. The molecule has 0 saturated carbocycles. The molecule has 0 amide bonds. The molecule has 0 atom stereocenters. The van der Waals surface area contributed by atoms with Gasteiger partial charge in [0.05, 0.1) is 101 Å². The summed E-state index contributed by atoms with van der Waals surface area (Å²) in [6, 6.07) is 177. The minimum absolute atomic E-state index is 0.941. The fraction of sp³-hybridized carbons (Fsp3) is 0. The third kappa shape index (κ3) is 13.9. The number of aromatic nitrogens is 10. The van der Waals surface area contributed by atoms with Gasteiger partial charge in [0, 0.05) is 127 Å². The molecule has 0 aliphatic heterocycles. The predicted molar refractivity (Wildman–Crippen MR) is 602 cm³/mol. The maximum absolute atomic E-state index is 4.92. The molecule has 10 nitrogen and oxygen atoms in total. The largest absolute Gasteiger partial charge is 0.309 e. The van der Waals surface area contributed by atoms with Gasteiger partial charge in [0.1, 0.15) is 0 Å². The van der Waals surface area contributed by atoms with E-state index < -0.39 is 0 Å². The van der Waals surface area contributed by atoms with Crippen molar-refractivity contribution in [3.63, 3.8) is 0 Å². The van der Waals surface area contributed by atoms with Gasteiger partial charge in [0.15, 0.2) is 0 Å². The van der Waals surface area contributed by atoms with E-state index in [1.165, 1.54) is 187 Å². The summed E-state index contributed by atoms with van der Waals surface area (Å²) in [5.74, 6) is 0. The van der Waals surface area contributed by atoms with Gasteiger partial charge in [0.2, 0.25) is 0 Å². The smallest absolute Gasteiger partial charge is 0.0740 e. The van der Waals surface area contributed by atoms with Crippen LogP contribution in [0.25, 0.3) is 264 Å². The molecule has 30 rings (SSSR count). The monoisotopic (exact) mass is 1830 g/mol. The lowest BCUT2D eigenvalue weighted by Gasteiger charge is -2.11. The third-order valence-corrected chi connectivity index (χ3v) is 29.1. The molecule has 0 bridgehead atoms. The Labute approximate surface area is 828 Å². The van der Waals surface area contributed by atoms with Crippen LogP contribution in [0.2, 0.25) is 0 Å². The predicted octanol–water partition coefficient (Wildman–Crippen LogP) is 34.7. The highest BCUT2D eigenvalue weighted by molar-refractivity contribution is 6.25. The second kappa shape index (κ2) is 34.3. The van der Waals surface area contributed by atoms with Crippen LogP contribution >= 0.6 is 0 Å². The van der Waals surface area contributed by atoms with Gasteiger partial charge in [-0.1, -0.05) is 309 Å². The van der Waals surface area contributed by atoms with Gasteiger partial charge in [-0.25, -0.2) is 0 Å². The number of benzene rings is 20. The van der Waals surface area contributed by atoms with Crippen LogP contribution in [0.5, 0.6) is 0 Å². The number of hydrogen-bond donors (Lipinski definition) is 0. The lowest BCUT2D eigenvalue weighted by atomic mass is 10.00. The average Bonchev–Trinajstić information content (AvgIpc) is 1.58. The molecule has 10 heterocycles. The number of nitrogens with zero attached hydrogens (tertiary/aromatic N) is 10. The average molecular weight is 1840 g/mol. The highest BCUT2D eigenvalue weighted by atomic mass is 15.0. The van der Waals surface area contributed by atoms with Crippen LogP contribution in [-0.2, 0) is 0 Å². The molecule has 0 aliphatic carbocycles. The second-order valence-electron chi connectivity index (χ2n) is 37.2.